The molecule has 1 rings (SSSR count). The molecule has 1 N–H and O–H groups in total. The molecular formula is C8H12N2O. The number of nitrogens with zero attached hydrogens (tertiary/aromatic N) is 1. The smallest absolute Gasteiger partial charge is 0.269 e. The third-order valence-electron chi connectivity index (χ3n) is 1.37. The molecule has 0 saturated heterocycles. The number of pyridine rings is 1. The van der Waals surface area contributed by atoms with Crippen molar-refractivity contribution < 1.29 is 6.22 Å². The lowest BCUT2D eigenvalue weighted by molar-refractivity contribution is 0.0958. The van der Waals surface area contributed by atoms with Crippen molar-refractivity contribution in [1.29, 1.82) is 0 Å². The van der Waals surface area contributed by atoms with Crippen LogP contribution < -0.4 is 5.32 Å². The minimum absolute atomic E-state index is 0. The van der Waals surface area contributed by atoms with E-state index < -0.39 is 0 Å². The Morgan fingerprint density at radius 2 is 2.36 bits per heavy atom. The highest BCUT2D eigenvalue weighted by atomic mass is 16.1. The summed E-state index contributed by atoms with van der Waals surface area (Å²) in [5.41, 5.74) is 1.51. The lowest BCUT2D eigenvalue weighted by Gasteiger charge is -1.97. The molecule has 0 unspecified atom stereocenters. The van der Waals surface area contributed by atoms with Crippen molar-refractivity contribution in [3.05, 3.63) is 29.6 Å². The fourth-order valence-electron chi connectivity index (χ4n) is 0.730. The fourth-order valence-corrected chi connectivity index (χ4v) is 0.730. The van der Waals surface area contributed by atoms with Gasteiger partial charge in [0.2, 0.25) is 0 Å². The van der Waals surface area contributed by atoms with Crippen molar-refractivity contribution in [3.8, 4) is 0 Å². The van der Waals surface area contributed by atoms with Gasteiger partial charge in [-0.15, -0.1) is 0 Å². The van der Waals surface area contributed by atoms with Gasteiger partial charge in [0, 0.05) is 14.7 Å². The van der Waals surface area contributed by atoms with E-state index in [-0.39, 0.29) is 7.33 Å². The molecular weight excluding hydrogens is 140 g/mol. The molecule has 0 bridgehead atoms. The number of hydrogen-bond donors (Lipinski definition) is 1. The third kappa shape index (κ3) is 1.77. The molecule has 0 radical (unpaired) electrons. The number of amides is 1. The number of carbonyl (C=O) groups is 1. The molecule has 1 amide bonds. The first-order chi connectivity index (χ1) is 5.24. The highest BCUT2D eigenvalue weighted by Crippen LogP contribution is 1.97. The highest BCUT2D eigenvalue weighted by molar-refractivity contribution is 5.91. The molecule has 11 heavy (non-hydrogen) atoms. The summed E-state index contributed by atoms with van der Waals surface area (Å²) >= 11 is 0. The first kappa shape index (κ1) is 7.72. The Balaban J connectivity index is 0.00000121. The Labute approximate surface area is 66.9 Å². The Bertz CT molecular complexity index is 258. The van der Waals surface area contributed by atoms with Gasteiger partial charge >= 0.3 is 0 Å². The van der Waals surface area contributed by atoms with Crippen LogP contribution in [0.1, 0.15) is 17.5 Å². The van der Waals surface area contributed by atoms with Crippen molar-refractivity contribution in [3.63, 3.8) is 0 Å². The summed E-state index contributed by atoms with van der Waals surface area (Å²) in [5, 5.41) is 2.50. The van der Waals surface area contributed by atoms with Gasteiger partial charge in [-0.25, -0.2) is 0 Å². The first-order valence-corrected chi connectivity index (χ1v) is 3.39. The van der Waals surface area contributed by atoms with Gasteiger partial charge < -0.3 is 5.32 Å². The van der Waals surface area contributed by atoms with Crippen LogP contribution in [0.3, 0.4) is 0 Å². The Morgan fingerprint density at radius 3 is 2.82 bits per heavy atom. The molecule has 1 aromatic rings. The van der Waals surface area contributed by atoms with Gasteiger partial charge in [0.1, 0.15) is 5.69 Å². The predicted octanol–water partition coefficient (Wildman–Crippen LogP) is 0.996. The predicted molar refractivity (Wildman–Crippen MR) is 44.5 cm³/mol. The average molecular weight is 152 g/mol. The fraction of sp³-hybridized carbons (Fsp3) is 0.250. The zero-order valence-corrected chi connectivity index (χ0v) is 6.59. The summed E-state index contributed by atoms with van der Waals surface area (Å²) in [4.78, 5) is 14.9. The number of nitrogens with one attached hydrogen (secondary N) is 1. The van der Waals surface area contributed by atoms with E-state index in [1.165, 1.54) is 0 Å². The minimum Gasteiger partial charge on any atom is -0.354 e. The highest BCUT2D eigenvalue weighted by Gasteiger charge is 2.01. The van der Waals surface area contributed by atoms with Crippen molar-refractivity contribution in [2.24, 2.45) is 0 Å². The lowest BCUT2D eigenvalue weighted by Crippen LogP contribution is -2.18. The van der Waals surface area contributed by atoms with Crippen molar-refractivity contribution in [2.75, 3.05) is 7.05 Å². The van der Waals surface area contributed by atoms with Gasteiger partial charge in [0.15, 0.2) is 0 Å². The number of rotatable bonds is 1. The summed E-state index contributed by atoms with van der Waals surface area (Å²) in [6, 6.07) is 3.56. The summed E-state index contributed by atoms with van der Waals surface area (Å²) in [7, 11) is 1.59. The molecule has 60 valence electrons. The largest absolute Gasteiger partial charge is 0.354 e. The molecule has 3 heteroatoms. The maximum absolute atomic E-state index is 11.0. The van der Waals surface area contributed by atoms with Gasteiger partial charge in [0.05, 0.1) is 0 Å². The summed E-state index contributed by atoms with van der Waals surface area (Å²) in [6.07, 6.45) is 1.67. The Hall–Kier alpha value is -1.38. The summed E-state index contributed by atoms with van der Waals surface area (Å²) in [6.45, 7) is 1.93. The van der Waals surface area contributed by atoms with Crippen LogP contribution in [0.25, 0.3) is 0 Å². The van der Waals surface area contributed by atoms with Gasteiger partial charge in [-0.1, -0.05) is 6.07 Å². The summed E-state index contributed by atoms with van der Waals surface area (Å²) < 4.78 is 0. The summed E-state index contributed by atoms with van der Waals surface area (Å²) in [5.74, 6) is -0.148. The monoisotopic (exact) mass is 152 g/mol. The van der Waals surface area contributed by atoms with E-state index in [4.69, 9.17) is 0 Å². The van der Waals surface area contributed by atoms with Crippen LogP contribution in [-0.2, 0) is 0 Å². The molecule has 0 atom stereocenters. The van der Waals surface area contributed by atoms with Crippen LogP contribution in [0.5, 0.6) is 0 Å². The van der Waals surface area contributed by atoms with Crippen molar-refractivity contribution >= 4 is 5.91 Å². The van der Waals surface area contributed by atoms with E-state index in [9.17, 15) is 4.79 Å². The van der Waals surface area contributed by atoms with Crippen LogP contribution >= 0.6 is 0 Å². The van der Waals surface area contributed by atoms with Crippen LogP contribution in [0.2, 0.25) is 0 Å². The molecule has 1 aromatic heterocycles. The Morgan fingerprint density at radius 1 is 1.64 bits per heavy atom. The number of aromatic nitrogens is 1. The first-order valence-electron chi connectivity index (χ1n) is 3.39. The quantitative estimate of drug-likeness (QED) is 0.652. The number of hydrogen-bond acceptors (Lipinski definition) is 2. The standard InChI is InChI=1S/C8H10N2O.H2/c1-6-3-4-7(10-5-6)8(11)9-2;/h3-5H,1-2H3,(H,9,11);1H. The molecule has 0 aliphatic heterocycles. The van der Waals surface area contributed by atoms with Gasteiger partial charge in [-0.2, -0.15) is 0 Å². The topological polar surface area (TPSA) is 42.0 Å². The Kier molecular flexibility index (Phi) is 2.21. The van der Waals surface area contributed by atoms with Crippen LogP contribution in [0.15, 0.2) is 18.3 Å². The maximum Gasteiger partial charge on any atom is 0.269 e. The van der Waals surface area contributed by atoms with E-state index in [0.29, 0.717) is 5.69 Å². The van der Waals surface area contributed by atoms with Gasteiger partial charge in [-0.3, -0.25) is 9.78 Å². The van der Waals surface area contributed by atoms with Crippen molar-refractivity contribution in [2.45, 2.75) is 6.92 Å². The van der Waals surface area contributed by atoms with Gasteiger partial charge in [-0.05, 0) is 18.6 Å². The van der Waals surface area contributed by atoms with E-state index in [1.54, 1.807) is 19.3 Å². The molecule has 0 aliphatic rings. The molecule has 0 aromatic carbocycles. The number of aryl methyl sites for hydroxylation is 1. The average Bonchev–Trinajstić information content (AvgIpc) is 2.05. The molecule has 1 heterocycles. The molecule has 3 nitrogen and oxygen atoms in total. The molecule has 0 fully saturated rings. The lowest BCUT2D eigenvalue weighted by atomic mass is 10.3. The van der Waals surface area contributed by atoms with E-state index >= 15 is 0 Å². The third-order valence-corrected chi connectivity index (χ3v) is 1.37. The van der Waals surface area contributed by atoms with E-state index in [1.807, 2.05) is 13.0 Å². The molecule has 0 saturated carbocycles. The zero-order valence-electron chi connectivity index (χ0n) is 6.59. The SMILES string of the molecule is CNC(=O)c1ccc(C)cn1.[HH]. The molecule has 0 spiro atoms. The molecule has 0 aliphatic carbocycles. The van der Waals surface area contributed by atoms with Crippen LogP contribution in [0, 0.1) is 6.92 Å². The normalized spacial score (nSPS) is 9.27. The van der Waals surface area contributed by atoms with Crippen LogP contribution in [-0.4, -0.2) is 17.9 Å². The maximum atomic E-state index is 11.0. The minimum atomic E-state index is -0.148. The zero-order chi connectivity index (χ0) is 8.27. The van der Waals surface area contributed by atoms with E-state index in [0.717, 1.165) is 5.56 Å². The van der Waals surface area contributed by atoms with Crippen LogP contribution in [0.4, 0.5) is 0 Å². The second-order valence-corrected chi connectivity index (χ2v) is 2.30. The van der Waals surface area contributed by atoms with Crippen molar-refractivity contribution in [1.82, 2.24) is 10.3 Å². The van der Waals surface area contributed by atoms with Gasteiger partial charge in [0.25, 0.3) is 5.91 Å². The second kappa shape index (κ2) is 3.14. The second-order valence-electron chi connectivity index (χ2n) is 2.30. The number of carbonyl (C=O) groups excluding carboxylic acids is 1. The van der Waals surface area contributed by atoms with E-state index in [2.05, 4.69) is 10.3 Å².